The normalized spacial score (nSPS) is 16.9. The van der Waals surface area contributed by atoms with E-state index in [0.717, 1.165) is 28.1 Å². The summed E-state index contributed by atoms with van der Waals surface area (Å²) in [6, 6.07) is 0. The molecular formula is C14H16F17IN2O2S. The molecule has 0 fully saturated rings. The Kier molecular flexibility index (Phi) is 10.5. The standard InChI is InChI=1S/C14H16F17N2O2S.HI/c1-5-6(33(2,3)4)32-36(34,35)14(30,31)12(25,26)10(21,22)8(17,18)7(15,16)9(19,20)11(23,24)13(27,28)29;/h6,32H,5H2,1-4H3;1H/q+1;/p-1. The molecule has 1 N–H and O–H groups in total. The van der Waals surface area contributed by atoms with Gasteiger partial charge in [0.1, 0.15) is 0 Å². The zero-order valence-electron chi connectivity index (χ0n) is 18.3. The Morgan fingerprint density at radius 2 is 0.865 bits per heavy atom. The summed E-state index contributed by atoms with van der Waals surface area (Å²) in [4.78, 5) is 0. The van der Waals surface area contributed by atoms with E-state index in [2.05, 4.69) is 0 Å². The van der Waals surface area contributed by atoms with Crippen LogP contribution in [0.2, 0.25) is 0 Å². The fourth-order valence-electron chi connectivity index (χ4n) is 2.36. The lowest BCUT2D eigenvalue weighted by Gasteiger charge is -2.42. The highest BCUT2D eigenvalue weighted by atomic mass is 127. The molecular weight excluding hydrogens is 710 g/mol. The van der Waals surface area contributed by atoms with Crippen LogP contribution >= 0.6 is 0 Å². The number of halogens is 18. The van der Waals surface area contributed by atoms with Gasteiger partial charge in [0, 0.05) is 6.42 Å². The summed E-state index contributed by atoms with van der Waals surface area (Å²) in [5.74, 6) is -51.6. The van der Waals surface area contributed by atoms with Crippen molar-refractivity contribution >= 4 is 10.0 Å². The van der Waals surface area contributed by atoms with Crippen LogP contribution in [-0.2, 0) is 10.0 Å². The minimum Gasteiger partial charge on any atom is -1.00 e. The summed E-state index contributed by atoms with van der Waals surface area (Å²) < 4.78 is 249. The molecule has 23 heteroatoms. The SMILES string of the molecule is CCC(NS(=O)(=O)C(F)(F)C(F)(F)C(F)(F)C(F)(F)C(F)(F)C(F)(F)C(F)(F)C(F)(F)F)[N+](C)(C)C.[I-]. The summed E-state index contributed by atoms with van der Waals surface area (Å²) in [6.07, 6.45) is -10.4. The molecule has 37 heavy (non-hydrogen) atoms. The van der Waals surface area contributed by atoms with E-state index < -0.39 is 74.1 Å². The van der Waals surface area contributed by atoms with E-state index in [4.69, 9.17) is 0 Å². The lowest BCUT2D eigenvalue weighted by Crippen LogP contribution is -3.00. The zero-order chi connectivity index (χ0) is 30.0. The fraction of sp³-hybridized carbons (Fsp3) is 1.00. The number of rotatable bonds is 11. The summed E-state index contributed by atoms with van der Waals surface area (Å²) in [6.45, 7) is 0.999. The van der Waals surface area contributed by atoms with Crippen molar-refractivity contribution < 1.29 is 112 Å². The van der Waals surface area contributed by atoms with Crippen LogP contribution in [-0.4, -0.2) is 87.2 Å². The maximum atomic E-state index is 14.0. The van der Waals surface area contributed by atoms with Gasteiger partial charge in [-0.2, -0.15) is 79.4 Å². The molecule has 0 spiro atoms. The van der Waals surface area contributed by atoms with Crippen molar-refractivity contribution in [2.45, 2.75) is 66.5 Å². The second kappa shape index (κ2) is 10.1. The molecule has 226 valence electrons. The third-order valence-corrected chi connectivity index (χ3v) is 6.16. The van der Waals surface area contributed by atoms with E-state index in [1.165, 1.54) is 0 Å². The molecule has 0 saturated heterocycles. The Hall–Kier alpha value is -0.590. The first-order valence-electron chi connectivity index (χ1n) is 8.71. The number of alkyl halides is 17. The highest BCUT2D eigenvalue weighted by Crippen LogP contribution is 2.64. The number of nitrogens with one attached hydrogen (secondary N) is 1. The van der Waals surface area contributed by atoms with Crippen LogP contribution < -0.4 is 28.7 Å². The third-order valence-electron chi connectivity index (χ3n) is 4.64. The second-order valence-corrected chi connectivity index (χ2v) is 9.88. The summed E-state index contributed by atoms with van der Waals surface area (Å²) >= 11 is 0. The molecule has 0 amide bonds. The Balaban J connectivity index is 0. The first kappa shape index (κ1) is 38.6. The van der Waals surface area contributed by atoms with Crippen molar-refractivity contribution in [1.29, 1.82) is 0 Å². The third kappa shape index (κ3) is 5.55. The molecule has 0 radical (unpaired) electrons. The zero-order valence-corrected chi connectivity index (χ0v) is 21.2. The molecule has 4 nitrogen and oxygen atoms in total. The van der Waals surface area contributed by atoms with Crippen molar-refractivity contribution in [3.63, 3.8) is 0 Å². The van der Waals surface area contributed by atoms with Crippen molar-refractivity contribution in [3.05, 3.63) is 0 Å². The molecule has 1 atom stereocenters. The Morgan fingerprint density at radius 3 is 1.11 bits per heavy atom. The van der Waals surface area contributed by atoms with E-state index in [1.807, 2.05) is 0 Å². The monoisotopic (exact) mass is 726 g/mol. The van der Waals surface area contributed by atoms with Crippen LogP contribution in [0.3, 0.4) is 0 Å². The molecule has 1 unspecified atom stereocenters. The van der Waals surface area contributed by atoms with Crippen LogP contribution in [0.4, 0.5) is 74.6 Å². The van der Waals surface area contributed by atoms with Gasteiger partial charge in [-0.1, -0.05) is 6.92 Å². The Bertz CT molecular complexity index is 912. The van der Waals surface area contributed by atoms with Crippen molar-refractivity contribution in [3.8, 4) is 0 Å². The van der Waals surface area contributed by atoms with Gasteiger partial charge in [0.25, 0.3) is 10.0 Å². The Labute approximate surface area is 214 Å². The van der Waals surface area contributed by atoms with Gasteiger partial charge in [-0.15, -0.1) is 0 Å². The fourth-order valence-corrected chi connectivity index (χ4v) is 3.82. The van der Waals surface area contributed by atoms with Crippen molar-refractivity contribution in [2.24, 2.45) is 0 Å². The molecule has 0 heterocycles. The minimum absolute atomic E-state index is 0. The predicted molar refractivity (Wildman–Crippen MR) is 84.9 cm³/mol. The summed E-state index contributed by atoms with van der Waals surface area (Å²) in [7, 11) is -4.31. The van der Waals surface area contributed by atoms with E-state index in [9.17, 15) is 83.1 Å². The number of sulfonamides is 1. The Morgan fingerprint density at radius 1 is 0.595 bits per heavy atom. The molecule has 0 aliphatic heterocycles. The van der Waals surface area contributed by atoms with Crippen LogP contribution in [0.25, 0.3) is 0 Å². The van der Waals surface area contributed by atoms with Gasteiger partial charge < -0.3 is 28.5 Å². The lowest BCUT2D eigenvalue weighted by molar-refractivity contribution is -0.898. The maximum Gasteiger partial charge on any atom is 0.460 e. The van der Waals surface area contributed by atoms with Crippen molar-refractivity contribution in [2.75, 3.05) is 21.1 Å². The molecule has 0 rings (SSSR count). The first-order valence-corrected chi connectivity index (χ1v) is 10.2. The highest BCUT2D eigenvalue weighted by molar-refractivity contribution is 7.90. The number of nitrogens with zero attached hydrogens (tertiary/aromatic N) is 1. The van der Waals surface area contributed by atoms with Crippen LogP contribution in [0.5, 0.6) is 0 Å². The lowest BCUT2D eigenvalue weighted by atomic mass is 9.91. The van der Waals surface area contributed by atoms with Crippen LogP contribution in [0, 0.1) is 0 Å². The maximum absolute atomic E-state index is 14.0. The van der Waals surface area contributed by atoms with Gasteiger partial charge in [0.05, 0.1) is 21.1 Å². The quantitative estimate of drug-likeness (QED) is 0.154. The van der Waals surface area contributed by atoms with Crippen molar-refractivity contribution in [1.82, 2.24) is 4.72 Å². The van der Waals surface area contributed by atoms with Crippen LogP contribution in [0.15, 0.2) is 0 Å². The van der Waals surface area contributed by atoms with E-state index in [1.54, 1.807) is 0 Å². The van der Waals surface area contributed by atoms with E-state index >= 15 is 0 Å². The van der Waals surface area contributed by atoms with E-state index in [0.29, 0.717) is 4.72 Å². The summed E-state index contributed by atoms with van der Waals surface area (Å²) in [5, 5.41) is -7.56. The molecule has 0 aromatic carbocycles. The molecule has 0 aliphatic carbocycles. The van der Waals surface area contributed by atoms with Gasteiger partial charge in [-0.3, -0.25) is 0 Å². The molecule has 0 saturated carbocycles. The second-order valence-electron chi connectivity index (χ2n) is 8.12. The average molecular weight is 726 g/mol. The van der Waals surface area contributed by atoms with Crippen LogP contribution in [0.1, 0.15) is 13.3 Å². The largest absolute Gasteiger partial charge is 1.00 e. The van der Waals surface area contributed by atoms with Gasteiger partial charge in [0.2, 0.25) is 0 Å². The highest BCUT2D eigenvalue weighted by Gasteiger charge is 2.96. The minimum atomic E-state index is -8.84. The van der Waals surface area contributed by atoms with Gasteiger partial charge in [-0.25, -0.2) is 8.42 Å². The van der Waals surface area contributed by atoms with Gasteiger partial charge in [0.15, 0.2) is 6.17 Å². The van der Waals surface area contributed by atoms with Gasteiger partial charge in [-0.05, 0) is 0 Å². The predicted octanol–water partition coefficient (Wildman–Crippen LogP) is 2.32. The number of hydrogen-bond acceptors (Lipinski definition) is 2. The molecule has 0 bridgehead atoms. The topological polar surface area (TPSA) is 46.2 Å². The first-order chi connectivity index (χ1) is 15.2. The summed E-state index contributed by atoms with van der Waals surface area (Å²) in [5.41, 5.74) is 0. The molecule has 0 aromatic heterocycles. The number of quaternary nitrogens is 1. The molecule has 0 aliphatic rings. The number of hydrogen-bond donors (Lipinski definition) is 1. The molecule has 0 aromatic rings. The van der Waals surface area contributed by atoms with E-state index in [-0.39, 0.29) is 24.0 Å². The smallest absolute Gasteiger partial charge is 0.460 e. The van der Waals surface area contributed by atoms with Gasteiger partial charge >= 0.3 is 47.0 Å². The average Bonchev–Trinajstić information content (AvgIpc) is 2.62.